The zero-order valence-electron chi connectivity index (χ0n) is 15.2. The minimum absolute atomic E-state index is 0.0530. The van der Waals surface area contributed by atoms with E-state index >= 15 is 0 Å². The Kier molecular flexibility index (Phi) is 5.71. The Labute approximate surface area is 154 Å². The first-order chi connectivity index (χ1) is 12.3. The summed E-state index contributed by atoms with van der Waals surface area (Å²) in [6.07, 6.45) is 1.94. The summed E-state index contributed by atoms with van der Waals surface area (Å²) in [6.45, 7) is 7.48. The van der Waals surface area contributed by atoms with Gasteiger partial charge in [-0.25, -0.2) is 13.6 Å². The highest BCUT2D eigenvalue weighted by atomic mass is 32.2. The van der Waals surface area contributed by atoms with Crippen LogP contribution in [0.25, 0.3) is 0 Å². The molecule has 142 valence electrons. The Morgan fingerprint density at radius 1 is 1.19 bits per heavy atom. The maximum Gasteiger partial charge on any atom is 0.238 e. The van der Waals surface area contributed by atoms with Gasteiger partial charge in [0.05, 0.1) is 10.6 Å². The van der Waals surface area contributed by atoms with Crippen LogP contribution >= 0.6 is 0 Å². The number of hydrogen-bond donors (Lipinski definition) is 1. The van der Waals surface area contributed by atoms with Crippen LogP contribution in [0.15, 0.2) is 35.4 Å². The van der Waals surface area contributed by atoms with Crippen LogP contribution in [-0.4, -0.2) is 66.4 Å². The average Bonchev–Trinajstić information content (AvgIpc) is 3.03. The largest absolute Gasteiger partial charge is 0.304 e. The zero-order valence-corrected chi connectivity index (χ0v) is 16.1. The molecule has 0 radical (unpaired) electrons. The van der Waals surface area contributed by atoms with E-state index in [1.54, 1.807) is 22.9 Å². The number of nitrogens with two attached hydrogens (primary N) is 1. The van der Waals surface area contributed by atoms with E-state index in [1.165, 1.54) is 0 Å². The summed E-state index contributed by atoms with van der Waals surface area (Å²) in [5.41, 5.74) is 1.63. The van der Waals surface area contributed by atoms with Crippen molar-refractivity contribution in [3.05, 3.63) is 41.7 Å². The van der Waals surface area contributed by atoms with Crippen molar-refractivity contribution >= 4 is 10.0 Å². The van der Waals surface area contributed by atoms with E-state index in [9.17, 15) is 8.42 Å². The summed E-state index contributed by atoms with van der Waals surface area (Å²) < 4.78 is 25.4. The van der Waals surface area contributed by atoms with Crippen LogP contribution in [0.3, 0.4) is 0 Å². The SMILES string of the molecule is C[C@H](Cn1cc(CN2CCN(C)CC2)nn1)c1ccccc1S(N)(=O)=O. The van der Waals surface area contributed by atoms with E-state index in [1.807, 2.05) is 19.2 Å². The van der Waals surface area contributed by atoms with Gasteiger partial charge >= 0.3 is 0 Å². The molecule has 26 heavy (non-hydrogen) atoms. The second kappa shape index (κ2) is 7.83. The number of rotatable bonds is 6. The van der Waals surface area contributed by atoms with Crippen LogP contribution in [0.2, 0.25) is 0 Å². The normalized spacial score (nSPS) is 18.1. The van der Waals surface area contributed by atoms with E-state index < -0.39 is 10.0 Å². The highest BCUT2D eigenvalue weighted by Gasteiger charge is 2.19. The molecule has 1 fully saturated rings. The minimum Gasteiger partial charge on any atom is -0.304 e. The van der Waals surface area contributed by atoms with Crippen molar-refractivity contribution in [3.8, 4) is 0 Å². The lowest BCUT2D eigenvalue weighted by Gasteiger charge is -2.31. The molecule has 9 heteroatoms. The zero-order chi connectivity index (χ0) is 18.7. The Bertz CT molecular complexity index is 842. The molecule has 1 aliphatic heterocycles. The first kappa shape index (κ1) is 19.0. The summed E-state index contributed by atoms with van der Waals surface area (Å²) >= 11 is 0. The molecule has 2 aromatic rings. The lowest BCUT2D eigenvalue weighted by Crippen LogP contribution is -2.43. The van der Waals surface area contributed by atoms with Crippen LogP contribution in [0.1, 0.15) is 24.1 Å². The van der Waals surface area contributed by atoms with Crippen LogP contribution in [0.5, 0.6) is 0 Å². The first-order valence-corrected chi connectivity index (χ1v) is 10.3. The maximum atomic E-state index is 11.8. The second-order valence-corrected chi connectivity index (χ2v) is 8.53. The fraction of sp³-hybridized carbons (Fsp3) is 0.529. The van der Waals surface area contributed by atoms with Crippen LogP contribution in [-0.2, 0) is 23.1 Å². The van der Waals surface area contributed by atoms with Crippen molar-refractivity contribution in [3.63, 3.8) is 0 Å². The third kappa shape index (κ3) is 4.67. The molecular weight excluding hydrogens is 352 g/mol. The van der Waals surface area contributed by atoms with Gasteiger partial charge in [-0.15, -0.1) is 5.10 Å². The van der Waals surface area contributed by atoms with Gasteiger partial charge in [-0.1, -0.05) is 30.3 Å². The molecule has 1 atom stereocenters. The summed E-state index contributed by atoms with van der Waals surface area (Å²) in [5, 5.41) is 13.8. The Balaban J connectivity index is 1.66. The molecule has 1 aliphatic rings. The third-order valence-corrected chi connectivity index (χ3v) is 5.77. The number of primary sulfonamides is 1. The smallest absolute Gasteiger partial charge is 0.238 e. The average molecular weight is 379 g/mol. The van der Waals surface area contributed by atoms with Crippen LogP contribution < -0.4 is 5.14 Å². The minimum atomic E-state index is -3.75. The molecule has 1 saturated heterocycles. The van der Waals surface area contributed by atoms with E-state index in [0.717, 1.165) is 38.4 Å². The Morgan fingerprint density at radius 2 is 1.88 bits per heavy atom. The molecule has 0 spiro atoms. The van der Waals surface area contributed by atoms with Gasteiger partial charge in [-0.2, -0.15) is 0 Å². The molecule has 0 amide bonds. The first-order valence-electron chi connectivity index (χ1n) is 8.74. The van der Waals surface area contributed by atoms with Crippen molar-refractivity contribution in [2.75, 3.05) is 33.2 Å². The number of nitrogens with zero attached hydrogens (tertiary/aromatic N) is 5. The highest BCUT2D eigenvalue weighted by Crippen LogP contribution is 2.24. The predicted molar refractivity (Wildman–Crippen MR) is 99.0 cm³/mol. The topological polar surface area (TPSA) is 97.3 Å². The fourth-order valence-electron chi connectivity index (χ4n) is 3.26. The summed E-state index contributed by atoms with van der Waals surface area (Å²) in [7, 11) is -1.61. The molecule has 0 unspecified atom stereocenters. The Hall–Kier alpha value is -1.81. The third-order valence-electron chi connectivity index (χ3n) is 4.78. The van der Waals surface area contributed by atoms with Gasteiger partial charge in [-0.3, -0.25) is 9.58 Å². The number of likely N-dealkylation sites (N-methyl/N-ethyl adjacent to an activating group) is 1. The molecule has 2 N–H and O–H groups in total. The van der Waals surface area contributed by atoms with Gasteiger partial charge in [-0.05, 0) is 18.7 Å². The van der Waals surface area contributed by atoms with E-state index in [-0.39, 0.29) is 10.8 Å². The molecule has 0 aliphatic carbocycles. The van der Waals surface area contributed by atoms with Gasteiger partial charge < -0.3 is 4.90 Å². The van der Waals surface area contributed by atoms with E-state index in [2.05, 4.69) is 27.2 Å². The molecule has 0 saturated carbocycles. The maximum absolute atomic E-state index is 11.8. The van der Waals surface area contributed by atoms with Gasteiger partial charge in [0, 0.05) is 51.4 Å². The fourth-order valence-corrected chi connectivity index (χ4v) is 4.13. The van der Waals surface area contributed by atoms with E-state index in [0.29, 0.717) is 12.1 Å². The summed E-state index contributed by atoms with van der Waals surface area (Å²) in [6, 6.07) is 6.84. The monoisotopic (exact) mass is 378 g/mol. The molecule has 2 heterocycles. The molecule has 1 aromatic heterocycles. The highest BCUT2D eigenvalue weighted by molar-refractivity contribution is 7.89. The predicted octanol–water partition coefficient (Wildman–Crippen LogP) is 0.477. The standard InChI is InChI=1S/C17H26N6O2S/c1-14(16-5-3-4-6-17(16)26(18,24)25)11-23-13-15(19-20-23)12-22-9-7-21(2)8-10-22/h3-6,13-14H,7-12H2,1-2H3,(H2,18,24,25)/t14-/m1/s1. The number of hydrogen-bond acceptors (Lipinski definition) is 6. The van der Waals surface area contributed by atoms with Crippen LogP contribution in [0, 0.1) is 0 Å². The van der Waals surface area contributed by atoms with Gasteiger partial charge in [0.2, 0.25) is 10.0 Å². The molecule has 1 aromatic carbocycles. The lowest BCUT2D eigenvalue weighted by atomic mass is 10.0. The summed E-state index contributed by atoms with van der Waals surface area (Å²) in [4.78, 5) is 4.86. The van der Waals surface area contributed by atoms with Crippen molar-refractivity contribution in [1.82, 2.24) is 24.8 Å². The molecule has 0 bridgehead atoms. The van der Waals surface area contributed by atoms with Crippen LogP contribution in [0.4, 0.5) is 0 Å². The molecular formula is C17H26N6O2S. The number of sulfonamides is 1. The van der Waals surface area contributed by atoms with Gasteiger partial charge in [0.25, 0.3) is 0 Å². The number of aromatic nitrogens is 3. The quantitative estimate of drug-likeness (QED) is 0.785. The van der Waals surface area contributed by atoms with Crippen molar-refractivity contribution in [1.29, 1.82) is 0 Å². The number of piperazine rings is 1. The second-order valence-electron chi connectivity index (χ2n) is 7.00. The Morgan fingerprint density at radius 3 is 2.58 bits per heavy atom. The van der Waals surface area contributed by atoms with E-state index in [4.69, 9.17) is 5.14 Å². The van der Waals surface area contributed by atoms with Crippen molar-refractivity contribution in [2.24, 2.45) is 5.14 Å². The molecule has 8 nitrogen and oxygen atoms in total. The number of benzene rings is 1. The van der Waals surface area contributed by atoms with Crippen molar-refractivity contribution in [2.45, 2.75) is 30.8 Å². The van der Waals surface area contributed by atoms with Gasteiger partial charge in [0.15, 0.2) is 0 Å². The molecule has 3 rings (SSSR count). The van der Waals surface area contributed by atoms with Gasteiger partial charge in [0.1, 0.15) is 0 Å². The van der Waals surface area contributed by atoms with Crippen molar-refractivity contribution < 1.29 is 8.42 Å². The summed E-state index contributed by atoms with van der Waals surface area (Å²) in [5.74, 6) is -0.0530. The lowest BCUT2D eigenvalue weighted by molar-refractivity contribution is 0.147.